The smallest absolute Gasteiger partial charge is 0.270 e. The third kappa shape index (κ3) is 3.56. The lowest BCUT2D eigenvalue weighted by Gasteiger charge is -2.27. The predicted molar refractivity (Wildman–Crippen MR) is 80.6 cm³/mol. The first-order valence-electron chi connectivity index (χ1n) is 6.78. The van der Waals surface area contributed by atoms with Gasteiger partial charge < -0.3 is 15.0 Å². The first-order valence-corrected chi connectivity index (χ1v) is 7.66. The highest BCUT2D eigenvalue weighted by Gasteiger charge is 2.15. The molecule has 1 fully saturated rings. The van der Waals surface area contributed by atoms with Crippen LogP contribution in [0, 0.1) is 0 Å². The lowest BCUT2D eigenvalue weighted by Crippen LogP contribution is -2.37. The van der Waals surface area contributed by atoms with Crippen molar-refractivity contribution in [3.63, 3.8) is 0 Å². The van der Waals surface area contributed by atoms with Gasteiger partial charge in [-0.1, -0.05) is 6.07 Å². The summed E-state index contributed by atoms with van der Waals surface area (Å²) in [6.45, 7) is 3.46. The summed E-state index contributed by atoms with van der Waals surface area (Å²) in [5.74, 6) is 0.592. The summed E-state index contributed by atoms with van der Waals surface area (Å²) in [6.07, 6.45) is 1.44. The van der Waals surface area contributed by atoms with Gasteiger partial charge in [-0.3, -0.25) is 4.79 Å². The maximum Gasteiger partial charge on any atom is 0.270 e. The number of carbonyl (C=O) groups excluding carboxylic acids is 1. The SMILES string of the molecule is O=C(NCc1cccs1)c1cc(N2CCOCC2)ncn1. The van der Waals surface area contributed by atoms with Crippen molar-refractivity contribution in [2.45, 2.75) is 6.54 Å². The van der Waals surface area contributed by atoms with Gasteiger partial charge in [0, 0.05) is 24.0 Å². The second-order valence-corrected chi connectivity index (χ2v) is 5.66. The minimum absolute atomic E-state index is 0.180. The molecule has 0 radical (unpaired) electrons. The van der Waals surface area contributed by atoms with Crippen molar-refractivity contribution in [1.29, 1.82) is 0 Å². The molecule has 2 aromatic heterocycles. The van der Waals surface area contributed by atoms with Crippen LogP contribution in [0.4, 0.5) is 5.82 Å². The Balaban J connectivity index is 1.65. The second-order valence-electron chi connectivity index (χ2n) is 4.62. The standard InChI is InChI=1S/C14H16N4O2S/c19-14(15-9-11-2-1-7-21-11)12-8-13(17-10-16-12)18-3-5-20-6-4-18/h1-2,7-8,10H,3-6,9H2,(H,15,19). The van der Waals surface area contributed by atoms with Crippen molar-refractivity contribution >= 4 is 23.1 Å². The van der Waals surface area contributed by atoms with Crippen LogP contribution in [0.15, 0.2) is 29.9 Å². The Labute approximate surface area is 126 Å². The summed E-state index contributed by atoms with van der Waals surface area (Å²) in [4.78, 5) is 23.6. The molecule has 1 aliphatic heterocycles. The molecule has 1 aliphatic rings. The highest BCUT2D eigenvalue weighted by molar-refractivity contribution is 7.09. The van der Waals surface area contributed by atoms with Crippen LogP contribution >= 0.6 is 11.3 Å². The average Bonchev–Trinajstić information content (AvgIpc) is 3.07. The first kappa shape index (κ1) is 14.0. The number of ether oxygens (including phenoxy) is 1. The minimum atomic E-state index is -0.180. The van der Waals surface area contributed by atoms with Gasteiger partial charge in [0.25, 0.3) is 5.91 Å². The monoisotopic (exact) mass is 304 g/mol. The first-order chi connectivity index (χ1) is 10.3. The average molecular weight is 304 g/mol. The lowest BCUT2D eigenvalue weighted by atomic mass is 10.3. The largest absolute Gasteiger partial charge is 0.378 e. The molecule has 0 aromatic carbocycles. The number of thiophene rings is 1. The summed E-state index contributed by atoms with van der Waals surface area (Å²) < 4.78 is 5.32. The molecule has 7 heteroatoms. The Hall–Kier alpha value is -1.99. The zero-order valence-corrected chi connectivity index (χ0v) is 12.3. The quantitative estimate of drug-likeness (QED) is 0.922. The van der Waals surface area contributed by atoms with Crippen LogP contribution in [0.2, 0.25) is 0 Å². The predicted octanol–water partition coefficient (Wildman–Crippen LogP) is 1.30. The van der Waals surface area contributed by atoms with E-state index in [0.717, 1.165) is 23.8 Å². The van der Waals surface area contributed by atoms with Gasteiger partial charge in [0.15, 0.2) is 0 Å². The molecular formula is C14H16N4O2S. The molecule has 3 heterocycles. The van der Waals surface area contributed by atoms with E-state index in [2.05, 4.69) is 20.2 Å². The van der Waals surface area contributed by atoms with E-state index in [4.69, 9.17) is 4.74 Å². The normalized spacial score (nSPS) is 15.0. The fourth-order valence-corrected chi connectivity index (χ4v) is 2.75. The fraction of sp³-hybridized carbons (Fsp3) is 0.357. The molecule has 1 saturated heterocycles. The van der Waals surface area contributed by atoms with Gasteiger partial charge >= 0.3 is 0 Å². The lowest BCUT2D eigenvalue weighted by molar-refractivity contribution is 0.0946. The van der Waals surface area contributed by atoms with Gasteiger partial charge in [-0.15, -0.1) is 11.3 Å². The Morgan fingerprint density at radius 2 is 2.24 bits per heavy atom. The molecule has 0 saturated carbocycles. The van der Waals surface area contributed by atoms with Crippen molar-refractivity contribution in [2.75, 3.05) is 31.2 Å². The van der Waals surface area contributed by atoms with Crippen LogP contribution in [-0.2, 0) is 11.3 Å². The van der Waals surface area contributed by atoms with E-state index in [-0.39, 0.29) is 5.91 Å². The zero-order chi connectivity index (χ0) is 14.5. The molecule has 110 valence electrons. The third-order valence-corrected chi connectivity index (χ3v) is 4.10. The number of nitrogens with zero attached hydrogens (tertiary/aromatic N) is 3. The van der Waals surface area contributed by atoms with Crippen LogP contribution in [0.5, 0.6) is 0 Å². The maximum atomic E-state index is 12.1. The Morgan fingerprint density at radius 1 is 1.38 bits per heavy atom. The number of carbonyl (C=O) groups is 1. The van der Waals surface area contributed by atoms with E-state index in [0.29, 0.717) is 25.5 Å². The molecule has 6 nitrogen and oxygen atoms in total. The number of hydrogen-bond acceptors (Lipinski definition) is 6. The zero-order valence-electron chi connectivity index (χ0n) is 11.5. The van der Waals surface area contributed by atoms with E-state index in [1.807, 2.05) is 17.5 Å². The summed E-state index contributed by atoms with van der Waals surface area (Å²) in [7, 11) is 0. The van der Waals surface area contributed by atoms with Crippen molar-refractivity contribution in [2.24, 2.45) is 0 Å². The van der Waals surface area contributed by atoms with Crippen molar-refractivity contribution in [3.8, 4) is 0 Å². The number of anilines is 1. The maximum absolute atomic E-state index is 12.1. The third-order valence-electron chi connectivity index (χ3n) is 3.22. The van der Waals surface area contributed by atoms with E-state index in [1.54, 1.807) is 17.4 Å². The molecular weight excluding hydrogens is 288 g/mol. The summed E-state index contributed by atoms with van der Waals surface area (Å²) in [5, 5.41) is 4.86. The Bertz CT molecular complexity index is 597. The van der Waals surface area contributed by atoms with Gasteiger partial charge in [0.1, 0.15) is 17.8 Å². The topological polar surface area (TPSA) is 67.4 Å². The van der Waals surface area contributed by atoms with Crippen LogP contribution in [-0.4, -0.2) is 42.2 Å². The van der Waals surface area contributed by atoms with Gasteiger partial charge in [-0.05, 0) is 11.4 Å². The van der Waals surface area contributed by atoms with Gasteiger partial charge in [0.05, 0.1) is 19.8 Å². The van der Waals surface area contributed by atoms with Crippen molar-refractivity contribution in [3.05, 3.63) is 40.5 Å². The van der Waals surface area contributed by atoms with Gasteiger partial charge in [-0.2, -0.15) is 0 Å². The second kappa shape index (κ2) is 6.64. The molecule has 21 heavy (non-hydrogen) atoms. The Kier molecular flexibility index (Phi) is 4.42. The van der Waals surface area contributed by atoms with Gasteiger partial charge in [-0.25, -0.2) is 9.97 Å². The highest BCUT2D eigenvalue weighted by Crippen LogP contribution is 2.13. The Morgan fingerprint density at radius 3 is 3.00 bits per heavy atom. The number of hydrogen-bond donors (Lipinski definition) is 1. The summed E-state index contributed by atoms with van der Waals surface area (Å²) in [5.41, 5.74) is 0.392. The summed E-state index contributed by atoms with van der Waals surface area (Å²) in [6, 6.07) is 5.69. The molecule has 0 spiro atoms. The van der Waals surface area contributed by atoms with Crippen molar-refractivity contribution < 1.29 is 9.53 Å². The van der Waals surface area contributed by atoms with E-state index >= 15 is 0 Å². The molecule has 1 N–H and O–H groups in total. The molecule has 3 rings (SSSR count). The molecule has 0 bridgehead atoms. The minimum Gasteiger partial charge on any atom is -0.378 e. The highest BCUT2D eigenvalue weighted by atomic mass is 32.1. The number of morpholine rings is 1. The number of amides is 1. The van der Waals surface area contributed by atoms with Crippen LogP contribution < -0.4 is 10.2 Å². The molecule has 0 unspecified atom stereocenters. The molecule has 0 aliphatic carbocycles. The van der Waals surface area contributed by atoms with E-state index in [1.165, 1.54) is 6.33 Å². The number of nitrogens with one attached hydrogen (secondary N) is 1. The molecule has 0 atom stereocenters. The van der Waals surface area contributed by atoms with E-state index in [9.17, 15) is 4.79 Å². The molecule has 1 amide bonds. The summed E-state index contributed by atoms with van der Waals surface area (Å²) >= 11 is 1.62. The van der Waals surface area contributed by atoms with Crippen molar-refractivity contribution in [1.82, 2.24) is 15.3 Å². The number of aromatic nitrogens is 2. The van der Waals surface area contributed by atoms with Crippen LogP contribution in [0.3, 0.4) is 0 Å². The van der Waals surface area contributed by atoms with Crippen LogP contribution in [0.1, 0.15) is 15.4 Å². The fourth-order valence-electron chi connectivity index (χ4n) is 2.11. The van der Waals surface area contributed by atoms with E-state index < -0.39 is 0 Å². The van der Waals surface area contributed by atoms with Crippen LogP contribution in [0.25, 0.3) is 0 Å². The van der Waals surface area contributed by atoms with Gasteiger partial charge in [0.2, 0.25) is 0 Å². The number of rotatable bonds is 4. The molecule has 2 aromatic rings.